The number of fused-ring (bicyclic) bond motifs is 1. The predicted molar refractivity (Wildman–Crippen MR) is 95.7 cm³/mol. The second-order valence-electron chi connectivity index (χ2n) is 7.19. The number of amides is 1. The highest BCUT2D eigenvalue weighted by Gasteiger charge is 2.27. The number of hydrogen-bond donors (Lipinski definition) is 0. The maximum absolute atomic E-state index is 12.9. The highest BCUT2D eigenvalue weighted by molar-refractivity contribution is 5.79. The van der Waals surface area contributed by atoms with Crippen molar-refractivity contribution in [2.75, 3.05) is 13.2 Å². The van der Waals surface area contributed by atoms with E-state index in [0.29, 0.717) is 6.42 Å². The van der Waals surface area contributed by atoms with E-state index in [1.165, 1.54) is 12.0 Å². The smallest absolute Gasteiger partial charge is 0.227 e. The number of carbonyl (C=O) groups is 1. The molecule has 132 valence electrons. The zero-order valence-corrected chi connectivity index (χ0v) is 14.8. The van der Waals surface area contributed by atoms with Crippen LogP contribution in [-0.2, 0) is 24.2 Å². The van der Waals surface area contributed by atoms with Gasteiger partial charge in [0.2, 0.25) is 5.91 Å². The summed E-state index contributed by atoms with van der Waals surface area (Å²) >= 11 is 0. The fraction of sp³-hybridized carbons (Fsp3) is 0.500. The van der Waals surface area contributed by atoms with Crippen LogP contribution < -0.4 is 4.74 Å². The molecule has 1 aromatic heterocycles. The summed E-state index contributed by atoms with van der Waals surface area (Å²) in [4.78, 5) is 15.0. The number of carbonyl (C=O) groups excluding carboxylic acids is 1. The van der Waals surface area contributed by atoms with Crippen LogP contribution in [0.3, 0.4) is 0 Å². The fourth-order valence-electron chi connectivity index (χ4n) is 3.93. The molecule has 0 spiro atoms. The van der Waals surface area contributed by atoms with Gasteiger partial charge in [0, 0.05) is 19.2 Å². The van der Waals surface area contributed by atoms with Crippen LogP contribution in [0.25, 0.3) is 0 Å². The van der Waals surface area contributed by atoms with Gasteiger partial charge in [-0.3, -0.25) is 9.48 Å². The summed E-state index contributed by atoms with van der Waals surface area (Å²) in [6.07, 6.45) is 8.69. The van der Waals surface area contributed by atoms with Crippen LogP contribution in [0.4, 0.5) is 0 Å². The molecule has 1 atom stereocenters. The molecule has 2 aliphatic heterocycles. The van der Waals surface area contributed by atoms with Crippen molar-refractivity contribution in [1.29, 1.82) is 0 Å². The van der Waals surface area contributed by atoms with Gasteiger partial charge in [0.05, 0.1) is 31.8 Å². The van der Waals surface area contributed by atoms with Gasteiger partial charge in [-0.15, -0.1) is 0 Å². The van der Waals surface area contributed by atoms with E-state index >= 15 is 0 Å². The minimum Gasteiger partial charge on any atom is -0.493 e. The molecule has 25 heavy (non-hydrogen) atoms. The molecular formula is C20H25N3O2. The third-order valence-electron chi connectivity index (χ3n) is 5.22. The van der Waals surface area contributed by atoms with Crippen molar-refractivity contribution in [1.82, 2.24) is 14.7 Å². The molecule has 3 heterocycles. The van der Waals surface area contributed by atoms with Gasteiger partial charge < -0.3 is 9.64 Å². The first-order chi connectivity index (χ1) is 12.2. The number of piperidine rings is 1. The molecular weight excluding hydrogens is 314 g/mol. The number of ether oxygens (including phenoxy) is 1. The first kappa shape index (κ1) is 16.2. The third kappa shape index (κ3) is 3.55. The molecule has 0 aliphatic carbocycles. The van der Waals surface area contributed by atoms with Crippen LogP contribution in [0.15, 0.2) is 30.6 Å². The lowest BCUT2D eigenvalue weighted by Gasteiger charge is -2.36. The summed E-state index contributed by atoms with van der Waals surface area (Å²) in [5.41, 5.74) is 3.48. The van der Waals surface area contributed by atoms with Gasteiger partial charge in [-0.1, -0.05) is 12.1 Å². The second-order valence-corrected chi connectivity index (χ2v) is 7.19. The standard InChI is InChI=1S/C20H25N3O2/c1-15-12-21-22(13-15)14-18-4-2-3-8-23(18)20(24)11-16-5-6-19-17(10-16)7-9-25-19/h5-6,10,12-13,18H,2-4,7-9,11,14H2,1H3/t18-/m1/s1. The van der Waals surface area contributed by atoms with Gasteiger partial charge in [-0.25, -0.2) is 0 Å². The molecule has 0 bridgehead atoms. The van der Waals surface area contributed by atoms with Crippen molar-refractivity contribution in [3.63, 3.8) is 0 Å². The lowest BCUT2D eigenvalue weighted by Crippen LogP contribution is -2.46. The van der Waals surface area contributed by atoms with Crippen molar-refractivity contribution in [2.45, 2.75) is 51.6 Å². The molecule has 0 radical (unpaired) electrons. The number of aromatic nitrogens is 2. The molecule has 4 rings (SSSR count). The number of rotatable bonds is 4. The monoisotopic (exact) mass is 339 g/mol. The summed E-state index contributed by atoms with van der Waals surface area (Å²) in [6.45, 7) is 4.45. The average molecular weight is 339 g/mol. The third-order valence-corrected chi connectivity index (χ3v) is 5.22. The van der Waals surface area contributed by atoms with Gasteiger partial charge in [-0.05, 0) is 48.9 Å². The van der Waals surface area contributed by atoms with Gasteiger partial charge in [-0.2, -0.15) is 5.10 Å². The van der Waals surface area contributed by atoms with Crippen LogP contribution in [0.2, 0.25) is 0 Å². The maximum Gasteiger partial charge on any atom is 0.227 e. The Labute approximate surface area is 148 Å². The van der Waals surface area contributed by atoms with E-state index in [9.17, 15) is 4.79 Å². The maximum atomic E-state index is 12.9. The Morgan fingerprint density at radius 1 is 1.36 bits per heavy atom. The van der Waals surface area contributed by atoms with E-state index in [-0.39, 0.29) is 11.9 Å². The normalized spacial score (nSPS) is 19.6. The van der Waals surface area contributed by atoms with Crippen molar-refractivity contribution >= 4 is 5.91 Å². The van der Waals surface area contributed by atoms with Gasteiger partial charge in [0.1, 0.15) is 5.75 Å². The first-order valence-electron chi connectivity index (χ1n) is 9.22. The summed E-state index contributed by atoms with van der Waals surface area (Å²) in [5.74, 6) is 1.20. The Morgan fingerprint density at radius 3 is 3.12 bits per heavy atom. The van der Waals surface area contributed by atoms with Crippen LogP contribution in [0.5, 0.6) is 5.75 Å². The van der Waals surface area contributed by atoms with Crippen LogP contribution in [-0.4, -0.2) is 39.8 Å². The number of aryl methyl sites for hydroxylation is 1. The van der Waals surface area contributed by atoms with Crippen molar-refractivity contribution in [3.05, 3.63) is 47.3 Å². The van der Waals surface area contributed by atoms with E-state index in [0.717, 1.165) is 55.8 Å². The topological polar surface area (TPSA) is 47.4 Å². The summed E-state index contributed by atoms with van der Waals surface area (Å²) < 4.78 is 7.53. The van der Waals surface area contributed by atoms with Crippen LogP contribution >= 0.6 is 0 Å². The Morgan fingerprint density at radius 2 is 2.28 bits per heavy atom. The Kier molecular flexibility index (Phi) is 4.47. The molecule has 2 aliphatic rings. The van der Waals surface area contributed by atoms with E-state index in [4.69, 9.17) is 4.74 Å². The fourth-order valence-corrected chi connectivity index (χ4v) is 3.93. The summed E-state index contributed by atoms with van der Waals surface area (Å²) in [7, 11) is 0. The Balaban J connectivity index is 1.45. The number of benzene rings is 1. The SMILES string of the molecule is Cc1cnn(C[C@H]2CCCCN2C(=O)Cc2ccc3c(c2)CCO3)c1. The lowest BCUT2D eigenvalue weighted by atomic mass is 10.00. The molecule has 0 saturated carbocycles. The van der Waals surface area contributed by atoms with Gasteiger partial charge in [0.25, 0.3) is 0 Å². The van der Waals surface area contributed by atoms with E-state index < -0.39 is 0 Å². The molecule has 1 fully saturated rings. The highest BCUT2D eigenvalue weighted by Crippen LogP contribution is 2.27. The second kappa shape index (κ2) is 6.90. The molecule has 2 aromatic rings. The average Bonchev–Trinajstić information content (AvgIpc) is 3.23. The summed E-state index contributed by atoms with van der Waals surface area (Å²) in [6, 6.07) is 6.41. The van der Waals surface area contributed by atoms with Crippen LogP contribution in [0, 0.1) is 6.92 Å². The highest BCUT2D eigenvalue weighted by atomic mass is 16.5. The quantitative estimate of drug-likeness (QED) is 0.860. The molecule has 0 unspecified atom stereocenters. The predicted octanol–water partition coefficient (Wildman–Crippen LogP) is 2.75. The molecule has 5 nitrogen and oxygen atoms in total. The van der Waals surface area contributed by atoms with Crippen molar-refractivity contribution < 1.29 is 9.53 Å². The zero-order chi connectivity index (χ0) is 17.2. The Hall–Kier alpha value is -2.30. The zero-order valence-electron chi connectivity index (χ0n) is 14.8. The van der Waals surface area contributed by atoms with Crippen LogP contribution in [0.1, 0.15) is 36.0 Å². The van der Waals surface area contributed by atoms with E-state index in [2.05, 4.69) is 22.3 Å². The minimum absolute atomic E-state index is 0.229. The van der Waals surface area contributed by atoms with E-state index in [1.54, 1.807) is 0 Å². The number of likely N-dealkylation sites (tertiary alicyclic amines) is 1. The number of hydrogen-bond acceptors (Lipinski definition) is 3. The van der Waals surface area contributed by atoms with Gasteiger partial charge >= 0.3 is 0 Å². The summed E-state index contributed by atoms with van der Waals surface area (Å²) in [5, 5.41) is 4.39. The minimum atomic E-state index is 0.229. The van der Waals surface area contributed by atoms with E-state index in [1.807, 2.05) is 29.9 Å². The molecule has 0 N–H and O–H groups in total. The van der Waals surface area contributed by atoms with Crippen molar-refractivity contribution in [3.8, 4) is 5.75 Å². The Bertz CT molecular complexity index is 768. The molecule has 5 heteroatoms. The van der Waals surface area contributed by atoms with Crippen molar-refractivity contribution in [2.24, 2.45) is 0 Å². The first-order valence-corrected chi connectivity index (χ1v) is 9.22. The molecule has 1 saturated heterocycles. The lowest BCUT2D eigenvalue weighted by molar-refractivity contribution is -0.134. The van der Waals surface area contributed by atoms with Gasteiger partial charge in [0.15, 0.2) is 0 Å². The molecule has 1 aromatic carbocycles. The largest absolute Gasteiger partial charge is 0.493 e. The number of nitrogens with zero attached hydrogens (tertiary/aromatic N) is 3. The molecule has 1 amide bonds.